The number of amides is 1. The van der Waals surface area contributed by atoms with Crippen molar-refractivity contribution in [3.05, 3.63) is 28.8 Å². The van der Waals surface area contributed by atoms with Gasteiger partial charge in [-0.15, -0.1) is 0 Å². The van der Waals surface area contributed by atoms with Crippen LogP contribution < -0.4 is 4.74 Å². The van der Waals surface area contributed by atoms with E-state index < -0.39 is 11.9 Å². The molecule has 1 aromatic carbocycles. The Kier molecular flexibility index (Phi) is 5.18. The van der Waals surface area contributed by atoms with Gasteiger partial charge in [0.05, 0.1) is 12.7 Å². The summed E-state index contributed by atoms with van der Waals surface area (Å²) in [4.78, 5) is 24.4. The number of nitrogens with zero attached hydrogens (tertiary/aromatic N) is 1. The van der Waals surface area contributed by atoms with Crippen molar-refractivity contribution >= 4 is 23.5 Å². The molecule has 19 heavy (non-hydrogen) atoms. The number of ether oxygens (including phenoxy) is 1. The number of benzene rings is 1. The van der Waals surface area contributed by atoms with E-state index in [1.807, 2.05) is 0 Å². The standard InChI is InChI=1S/C13H16ClNO4/c1-8(2)15(7-12(16)17)13(18)10-5-4-9(14)6-11(10)19-3/h4-6,8H,7H2,1-3H3,(H,16,17). The van der Waals surface area contributed by atoms with E-state index in [-0.39, 0.29) is 12.6 Å². The second-order valence-corrected chi connectivity index (χ2v) is 4.70. The van der Waals surface area contributed by atoms with E-state index in [0.29, 0.717) is 16.3 Å². The van der Waals surface area contributed by atoms with Gasteiger partial charge in [-0.25, -0.2) is 0 Å². The molecule has 0 aliphatic rings. The molecule has 0 aliphatic heterocycles. The van der Waals surface area contributed by atoms with Crippen molar-refractivity contribution in [2.24, 2.45) is 0 Å². The Hall–Kier alpha value is -1.75. The first-order valence-corrected chi connectivity index (χ1v) is 6.11. The third-order valence-corrected chi connectivity index (χ3v) is 2.82. The molecule has 0 bridgehead atoms. The van der Waals surface area contributed by atoms with E-state index in [4.69, 9.17) is 21.4 Å². The smallest absolute Gasteiger partial charge is 0.323 e. The van der Waals surface area contributed by atoms with Crippen LogP contribution in [0.5, 0.6) is 5.75 Å². The Morgan fingerprint density at radius 2 is 2.05 bits per heavy atom. The number of halogens is 1. The number of aliphatic carboxylic acids is 1. The van der Waals surface area contributed by atoms with Gasteiger partial charge in [-0.1, -0.05) is 11.6 Å². The van der Waals surface area contributed by atoms with Gasteiger partial charge in [0, 0.05) is 11.1 Å². The fourth-order valence-electron chi connectivity index (χ4n) is 1.63. The number of rotatable bonds is 5. The minimum absolute atomic E-state index is 0.232. The van der Waals surface area contributed by atoms with E-state index in [0.717, 1.165) is 0 Å². The molecule has 0 unspecified atom stereocenters. The summed E-state index contributed by atoms with van der Waals surface area (Å²) in [6.07, 6.45) is 0. The molecule has 0 saturated carbocycles. The summed E-state index contributed by atoms with van der Waals surface area (Å²) in [6.45, 7) is 3.15. The molecule has 104 valence electrons. The first kappa shape index (κ1) is 15.3. The van der Waals surface area contributed by atoms with Gasteiger partial charge >= 0.3 is 5.97 Å². The number of hydrogen-bond acceptors (Lipinski definition) is 3. The lowest BCUT2D eigenvalue weighted by molar-refractivity contribution is -0.138. The number of carboxylic acid groups (broad SMARTS) is 1. The number of carboxylic acids is 1. The number of hydrogen-bond donors (Lipinski definition) is 1. The maximum absolute atomic E-state index is 12.4. The summed E-state index contributed by atoms with van der Waals surface area (Å²) in [6, 6.07) is 4.38. The Labute approximate surface area is 116 Å². The van der Waals surface area contributed by atoms with Gasteiger partial charge in [0.2, 0.25) is 0 Å². The maximum Gasteiger partial charge on any atom is 0.323 e. The zero-order valence-electron chi connectivity index (χ0n) is 11.0. The molecule has 0 aromatic heterocycles. The highest BCUT2D eigenvalue weighted by Crippen LogP contribution is 2.25. The molecule has 0 spiro atoms. The van der Waals surface area contributed by atoms with Crippen molar-refractivity contribution in [3.8, 4) is 5.75 Å². The van der Waals surface area contributed by atoms with Crippen LogP contribution in [-0.2, 0) is 4.79 Å². The van der Waals surface area contributed by atoms with Gasteiger partial charge in [-0.3, -0.25) is 9.59 Å². The van der Waals surface area contributed by atoms with Crippen LogP contribution in [0.15, 0.2) is 18.2 Å². The summed E-state index contributed by atoms with van der Waals surface area (Å²) in [7, 11) is 1.43. The van der Waals surface area contributed by atoms with Crippen molar-refractivity contribution in [3.63, 3.8) is 0 Å². The van der Waals surface area contributed by atoms with Gasteiger partial charge in [-0.2, -0.15) is 0 Å². The zero-order valence-corrected chi connectivity index (χ0v) is 11.8. The lowest BCUT2D eigenvalue weighted by Gasteiger charge is -2.25. The van der Waals surface area contributed by atoms with Crippen LogP contribution in [0.4, 0.5) is 0 Å². The Morgan fingerprint density at radius 3 is 2.53 bits per heavy atom. The van der Waals surface area contributed by atoms with Crippen molar-refractivity contribution in [1.82, 2.24) is 4.90 Å². The molecule has 1 aromatic rings. The number of carbonyl (C=O) groups is 2. The summed E-state index contributed by atoms with van der Waals surface area (Å²) in [5, 5.41) is 9.30. The van der Waals surface area contributed by atoms with Gasteiger partial charge < -0.3 is 14.7 Å². The van der Waals surface area contributed by atoms with Crippen LogP contribution in [0, 0.1) is 0 Å². The SMILES string of the molecule is COc1cc(Cl)ccc1C(=O)N(CC(=O)O)C(C)C. The van der Waals surface area contributed by atoms with Gasteiger partial charge in [0.25, 0.3) is 5.91 Å². The minimum atomic E-state index is -1.06. The molecule has 0 saturated heterocycles. The van der Waals surface area contributed by atoms with Gasteiger partial charge in [-0.05, 0) is 32.0 Å². The fourth-order valence-corrected chi connectivity index (χ4v) is 1.79. The molecular formula is C13H16ClNO4. The molecule has 1 amide bonds. The second-order valence-electron chi connectivity index (χ2n) is 4.27. The molecule has 1 N–H and O–H groups in total. The molecule has 0 heterocycles. The van der Waals surface area contributed by atoms with Crippen LogP contribution in [0.1, 0.15) is 24.2 Å². The van der Waals surface area contributed by atoms with Crippen LogP contribution in [0.25, 0.3) is 0 Å². The summed E-state index contributed by atoms with van der Waals surface area (Å²) in [5.41, 5.74) is 0.293. The fraction of sp³-hybridized carbons (Fsp3) is 0.385. The Morgan fingerprint density at radius 1 is 1.42 bits per heavy atom. The predicted molar refractivity (Wildman–Crippen MR) is 71.8 cm³/mol. The molecule has 0 radical (unpaired) electrons. The topological polar surface area (TPSA) is 66.8 Å². The monoisotopic (exact) mass is 285 g/mol. The highest BCUT2D eigenvalue weighted by molar-refractivity contribution is 6.30. The Balaban J connectivity index is 3.12. The molecule has 0 aliphatic carbocycles. The van der Waals surface area contributed by atoms with Crippen LogP contribution in [-0.4, -0.2) is 41.6 Å². The zero-order chi connectivity index (χ0) is 14.6. The summed E-state index contributed by atoms with van der Waals surface area (Å²) >= 11 is 5.83. The molecule has 6 heteroatoms. The van der Waals surface area contributed by atoms with Crippen molar-refractivity contribution in [2.75, 3.05) is 13.7 Å². The van der Waals surface area contributed by atoms with Crippen molar-refractivity contribution < 1.29 is 19.4 Å². The van der Waals surface area contributed by atoms with Gasteiger partial charge in [0.15, 0.2) is 0 Å². The number of carbonyl (C=O) groups excluding carboxylic acids is 1. The first-order valence-electron chi connectivity index (χ1n) is 5.73. The molecule has 0 fully saturated rings. The predicted octanol–water partition coefficient (Wildman–Crippen LogP) is 2.28. The maximum atomic E-state index is 12.4. The normalized spacial score (nSPS) is 10.4. The van der Waals surface area contributed by atoms with E-state index in [2.05, 4.69) is 0 Å². The number of methoxy groups -OCH3 is 1. The quantitative estimate of drug-likeness (QED) is 0.901. The summed E-state index contributed by atoms with van der Waals surface area (Å²) < 4.78 is 5.10. The highest BCUT2D eigenvalue weighted by atomic mass is 35.5. The second kappa shape index (κ2) is 6.43. The third-order valence-electron chi connectivity index (χ3n) is 2.58. The first-order chi connectivity index (χ1) is 8.86. The largest absolute Gasteiger partial charge is 0.496 e. The van der Waals surface area contributed by atoms with E-state index >= 15 is 0 Å². The molecule has 0 atom stereocenters. The summed E-state index contributed by atoms with van der Waals surface area (Å²) in [5.74, 6) is -1.13. The average Bonchev–Trinajstić information content (AvgIpc) is 2.34. The highest BCUT2D eigenvalue weighted by Gasteiger charge is 2.24. The Bertz CT molecular complexity index is 488. The van der Waals surface area contributed by atoms with Crippen molar-refractivity contribution in [2.45, 2.75) is 19.9 Å². The lowest BCUT2D eigenvalue weighted by atomic mass is 10.1. The molecular weight excluding hydrogens is 270 g/mol. The molecule has 5 nitrogen and oxygen atoms in total. The van der Waals surface area contributed by atoms with Crippen LogP contribution in [0.2, 0.25) is 5.02 Å². The van der Waals surface area contributed by atoms with Crippen molar-refractivity contribution in [1.29, 1.82) is 0 Å². The van der Waals surface area contributed by atoms with E-state index in [9.17, 15) is 9.59 Å². The van der Waals surface area contributed by atoms with Crippen LogP contribution >= 0.6 is 11.6 Å². The lowest BCUT2D eigenvalue weighted by Crippen LogP contribution is -2.40. The van der Waals surface area contributed by atoms with E-state index in [1.165, 1.54) is 24.1 Å². The molecule has 1 rings (SSSR count). The minimum Gasteiger partial charge on any atom is -0.496 e. The van der Waals surface area contributed by atoms with Gasteiger partial charge in [0.1, 0.15) is 12.3 Å². The van der Waals surface area contributed by atoms with Crippen LogP contribution in [0.3, 0.4) is 0 Å². The third kappa shape index (κ3) is 3.86. The average molecular weight is 286 g/mol. The van der Waals surface area contributed by atoms with E-state index in [1.54, 1.807) is 19.9 Å².